The molecule has 0 radical (unpaired) electrons. The van der Waals surface area contributed by atoms with Crippen LogP contribution in [0, 0.1) is 0 Å². The molecule has 1 fully saturated rings. The summed E-state index contributed by atoms with van der Waals surface area (Å²) in [5.41, 5.74) is 6.57. The quantitative estimate of drug-likeness (QED) is 0.565. The first-order chi connectivity index (χ1) is 13.7. The lowest BCUT2D eigenvalue weighted by molar-refractivity contribution is 0.287. The Morgan fingerprint density at radius 2 is 1.89 bits per heavy atom. The number of aromatic nitrogens is 4. The van der Waals surface area contributed by atoms with Crippen molar-refractivity contribution < 1.29 is 0 Å². The Balaban J connectivity index is 1.55. The molecule has 5 rings (SSSR count). The van der Waals surface area contributed by atoms with E-state index in [0.717, 1.165) is 48.5 Å². The number of hydrogen-bond acceptors (Lipinski definition) is 6. The highest BCUT2D eigenvalue weighted by Gasteiger charge is 2.12. The smallest absolute Gasteiger partial charge is 0.265 e. The van der Waals surface area contributed by atoms with Gasteiger partial charge in [0.15, 0.2) is 0 Å². The number of aryl methyl sites for hydroxylation is 1. The van der Waals surface area contributed by atoms with E-state index in [0.29, 0.717) is 10.9 Å². The van der Waals surface area contributed by atoms with Crippen molar-refractivity contribution in [3.8, 4) is 5.69 Å². The zero-order chi connectivity index (χ0) is 19.1. The van der Waals surface area contributed by atoms with Gasteiger partial charge in [0.2, 0.25) is 0 Å². The number of fused-ring (bicyclic) bond motifs is 2. The topological polar surface area (TPSA) is 80.0 Å². The summed E-state index contributed by atoms with van der Waals surface area (Å²) in [5, 5.41) is 11.4. The van der Waals surface area contributed by atoms with Crippen molar-refractivity contribution in [1.82, 2.24) is 29.7 Å². The number of piperazine rings is 1. The van der Waals surface area contributed by atoms with Gasteiger partial charge in [-0.15, -0.1) is 0 Å². The van der Waals surface area contributed by atoms with Gasteiger partial charge in [0, 0.05) is 50.5 Å². The molecule has 0 bridgehead atoms. The van der Waals surface area contributed by atoms with Crippen LogP contribution in [0.3, 0.4) is 0 Å². The summed E-state index contributed by atoms with van der Waals surface area (Å²) in [6, 6.07) is 11.5. The van der Waals surface area contributed by atoms with Crippen molar-refractivity contribution in [1.29, 1.82) is 0 Å². The standard InChI is InChI=1S/C20H21N7O/c1-25-12-14-10-16(3-5-18(14)24-25)27-13-22-19-4-2-15(11-17(19)20(27)28)23-26-8-6-21-7-9-26/h2-5,10-13,21,23H,6-9H2,1H3. The van der Waals surface area contributed by atoms with E-state index >= 15 is 0 Å². The number of hydrogen-bond donors (Lipinski definition) is 2. The van der Waals surface area contributed by atoms with Crippen LogP contribution in [0.2, 0.25) is 0 Å². The van der Waals surface area contributed by atoms with Crippen molar-refractivity contribution in [3.63, 3.8) is 0 Å². The normalized spacial score (nSPS) is 15.3. The molecule has 28 heavy (non-hydrogen) atoms. The summed E-state index contributed by atoms with van der Waals surface area (Å²) in [5.74, 6) is 0. The fraction of sp³-hybridized carbons (Fsp3) is 0.250. The van der Waals surface area contributed by atoms with Gasteiger partial charge in [0.25, 0.3) is 5.56 Å². The summed E-state index contributed by atoms with van der Waals surface area (Å²) in [6.45, 7) is 3.73. The number of nitrogens with zero attached hydrogens (tertiary/aromatic N) is 5. The fourth-order valence-electron chi connectivity index (χ4n) is 3.62. The second kappa shape index (κ2) is 6.74. The van der Waals surface area contributed by atoms with E-state index in [1.54, 1.807) is 15.6 Å². The number of nitrogens with one attached hydrogen (secondary N) is 2. The second-order valence-corrected chi connectivity index (χ2v) is 7.05. The number of benzene rings is 2. The maximum absolute atomic E-state index is 13.2. The van der Waals surface area contributed by atoms with Crippen molar-refractivity contribution in [2.45, 2.75) is 0 Å². The summed E-state index contributed by atoms with van der Waals surface area (Å²) < 4.78 is 3.35. The third kappa shape index (κ3) is 3.02. The minimum atomic E-state index is -0.0859. The van der Waals surface area contributed by atoms with Crippen LogP contribution in [0.25, 0.3) is 27.5 Å². The zero-order valence-corrected chi connectivity index (χ0v) is 15.6. The summed E-state index contributed by atoms with van der Waals surface area (Å²) in [7, 11) is 1.89. The Hall–Kier alpha value is -3.23. The van der Waals surface area contributed by atoms with E-state index in [1.165, 1.54) is 0 Å². The largest absolute Gasteiger partial charge is 0.319 e. The van der Waals surface area contributed by atoms with Crippen LogP contribution in [0.1, 0.15) is 0 Å². The van der Waals surface area contributed by atoms with Gasteiger partial charge >= 0.3 is 0 Å². The molecule has 0 amide bonds. The van der Waals surface area contributed by atoms with Crippen LogP contribution >= 0.6 is 0 Å². The maximum Gasteiger partial charge on any atom is 0.265 e. The van der Waals surface area contributed by atoms with E-state index in [9.17, 15) is 4.79 Å². The van der Waals surface area contributed by atoms with Crippen molar-refractivity contribution in [2.24, 2.45) is 7.05 Å². The minimum Gasteiger partial charge on any atom is -0.319 e. The van der Waals surface area contributed by atoms with Gasteiger partial charge in [-0.25, -0.2) is 9.99 Å². The van der Waals surface area contributed by atoms with Crippen LogP contribution in [0.5, 0.6) is 0 Å². The molecule has 8 nitrogen and oxygen atoms in total. The molecule has 0 aliphatic carbocycles. The van der Waals surface area contributed by atoms with Gasteiger partial charge in [0.05, 0.1) is 22.1 Å². The first kappa shape index (κ1) is 16.9. The van der Waals surface area contributed by atoms with E-state index in [4.69, 9.17) is 0 Å². The lowest BCUT2D eigenvalue weighted by Gasteiger charge is -2.28. The average molecular weight is 375 g/mol. The molecule has 142 valence electrons. The molecule has 1 saturated heterocycles. The number of hydrazine groups is 1. The van der Waals surface area contributed by atoms with E-state index < -0.39 is 0 Å². The molecule has 0 unspecified atom stereocenters. The maximum atomic E-state index is 13.2. The molecule has 0 atom stereocenters. The van der Waals surface area contributed by atoms with Gasteiger partial charge in [-0.2, -0.15) is 5.10 Å². The molecule has 8 heteroatoms. The molecule has 0 spiro atoms. The first-order valence-corrected chi connectivity index (χ1v) is 9.35. The van der Waals surface area contributed by atoms with Gasteiger partial charge in [-0.1, -0.05) is 0 Å². The van der Waals surface area contributed by atoms with E-state index in [2.05, 4.69) is 25.8 Å². The lowest BCUT2D eigenvalue weighted by atomic mass is 10.2. The lowest BCUT2D eigenvalue weighted by Crippen LogP contribution is -2.46. The summed E-state index contributed by atoms with van der Waals surface area (Å²) in [4.78, 5) is 17.6. The monoisotopic (exact) mass is 375 g/mol. The molecular formula is C20H21N7O. The summed E-state index contributed by atoms with van der Waals surface area (Å²) >= 11 is 0. The Kier molecular flexibility index (Phi) is 4.07. The molecule has 0 saturated carbocycles. The average Bonchev–Trinajstić information content (AvgIpc) is 3.09. The predicted octanol–water partition coefficient (Wildman–Crippen LogP) is 1.50. The summed E-state index contributed by atoms with van der Waals surface area (Å²) in [6.07, 6.45) is 3.53. The molecule has 2 aromatic carbocycles. The highest BCUT2D eigenvalue weighted by atomic mass is 16.1. The van der Waals surface area contributed by atoms with Crippen LogP contribution in [-0.4, -0.2) is 50.5 Å². The SMILES string of the molecule is Cn1cc2cc(-n3cnc4ccc(NN5CCNCC5)cc4c3=O)ccc2n1. The third-order valence-electron chi connectivity index (χ3n) is 5.04. The van der Waals surface area contributed by atoms with Crippen LogP contribution in [-0.2, 0) is 7.05 Å². The fourth-order valence-corrected chi connectivity index (χ4v) is 3.62. The Morgan fingerprint density at radius 3 is 2.75 bits per heavy atom. The number of anilines is 1. The zero-order valence-electron chi connectivity index (χ0n) is 15.6. The highest BCUT2D eigenvalue weighted by Crippen LogP contribution is 2.19. The van der Waals surface area contributed by atoms with Crippen LogP contribution < -0.4 is 16.3 Å². The van der Waals surface area contributed by atoms with Gasteiger partial charge in [-0.05, 0) is 36.4 Å². The Labute approximate surface area is 161 Å². The van der Waals surface area contributed by atoms with Crippen molar-refractivity contribution >= 4 is 27.5 Å². The Bertz CT molecular complexity index is 1220. The molecule has 3 heterocycles. The molecule has 2 N–H and O–H groups in total. The van der Waals surface area contributed by atoms with Crippen molar-refractivity contribution in [3.05, 3.63) is 59.3 Å². The molecule has 2 aromatic heterocycles. The van der Waals surface area contributed by atoms with Gasteiger partial charge in [-0.3, -0.25) is 14.0 Å². The van der Waals surface area contributed by atoms with E-state index in [1.807, 2.05) is 49.6 Å². The minimum absolute atomic E-state index is 0.0859. The second-order valence-electron chi connectivity index (χ2n) is 7.05. The molecule has 1 aliphatic heterocycles. The Morgan fingerprint density at radius 1 is 1.07 bits per heavy atom. The van der Waals surface area contributed by atoms with E-state index in [-0.39, 0.29) is 5.56 Å². The van der Waals surface area contributed by atoms with Crippen molar-refractivity contribution in [2.75, 3.05) is 31.6 Å². The molecule has 4 aromatic rings. The van der Waals surface area contributed by atoms with Gasteiger partial charge in [0.1, 0.15) is 6.33 Å². The van der Waals surface area contributed by atoms with Crippen LogP contribution in [0.4, 0.5) is 5.69 Å². The highest BCUT2D eigenvalue weighted by molar-refractivity contribution is 5.83. The third-order valence-corrected chi connectivity index (χ3v) is 5.04. The molecule has 1 aliphatic rings. The van der Waals surface area contributed by atoms with Crippen LogP contribution in [0.15, 0.2) is 53.7 Å². The number of rotatable bonds is 3. The first-order valence-electron chi connectivity index (χ1n) is 9.35. The predicted molar refractivity (Wildman–Crippen MR) is 110 cm³/mol. The molecular weight excluding hydrogens is 354 g/mol. The van der Waals surface area contributed by atoms with Gasteiger partial charge < -0.3 is 10.7 Å².